The first-order valence-corrected chi connectivity index (χ1v) is 12.6. The summed E-state index contributed by atoms with van der Waals surface area (Å²) in [5.41, 5.74) is 3.57. The van der Waals surface area contributed by atoms with Crippen molar-refractivity contribution in [1.29, 1.82) is 0 Å². The summed E-state index contributed by atoms with van der Waals surface area (Å²) in [4.78, 5) is 35.2. The van der Waals surface area contributed by atoms with Crippen molar-refractivity contribution in [2.75, 3.05) is 19.6 Å². The second-order valence-electron chi connectivity index (χ2n) is 10.1. The Morgan fingerprint density at radius 3 is 2.54 bits per heavy atom. The minimum atomic E-state index is -4.16. The Balaban J connectivity index is 1.58. The number of halogens is 3. The average Bonchev–Trinajstić information content (AvgIpc) is 3.25. The predicted molar refractivity (Wildman–Crippen MR) is 135 cm³/mol. The zero-order valence-corrected chi connectivity index (χ0v) is 21.6. The molecule has 0 aliphatic carbocycles. The van der Waals surface area contributed by atoms with Crippen LogP contribution < -0.4 is 10.9 Å². The lowest BCUT2D eigenvalue weighted by atomic mass is 9.91. The minimum absolute atomic E-state index is 0.00593. The van der Waals surface area contributed by atoms with Crippen molar-refractivity contribution in [2.24, 2.45) is 0 Å². The second kappa shape index (κ2) is 10.6. The average molecular weight is 519 g/mol. The molecule has 1 aliphatic heterocycles. The molecule has 0 unspecified atom stereocenters. The van der Waals surface area contributed by atoms with E-state index in [1.54, 1.807) is 23.9 Å². The molecule has 1 amide bonds. The van der Waals surface area contributed by atoms with Crippen LogP contribution in [0.5, 0.6) is 0 Å². The van der Waals surface area contributed by atoms with E-state index in [0.29, 0.717) is 48.1 Å². The molecule has 0 bridgehead atoms. The van der Waals surface area contributed by atoms with E-state index in [9.17, 15) is 22.8 Å². The third-order valence-electron chi connectivity index (χ3n) is 6.96. The Bertz CT molecular complexity index is 1340. The Morgan fingerprint density at radius 1 is 1.22 bits per heavy atom. The van der Waals surface area contributed by atoms with E-state index in [4.69, 9.17) is 4.98 Å². The zero-order valence-electron chi connectivity index (χ0n) is 21.6. The second-order valence-corrected chi connectivity index (χ2v) is 10.1. The number of hydrogen-bond acceptors (Lipinski definition) is 5. The lowest BCUT2D eigenvalue weighted by Crippen LogP contribution is -2.35. The van der Waals surface area contributed by atoms with Crippen molar-refractivity contribution < 1.29 is 18.0 Å². The molecule has 0 aromatic carbocycles. The molecule has 200 valence electrons. The molecule has 0 saturated carbocycles. The van der Waals surface area contributed by atoms with Gasteiger partial charge >= 0.3 is 6.18 Å². The van der Waals surface area contributed by atoms with Gasteiger partial charge in [-0.1, -0.05) is 0 Å². The molecule has 1 fully saturated rings. The fraction of sp³-hybridized carbons (Fsp3) is 0.538. The first-order valence-electron chi connectivity index (χ1n) is 12.6. The molecule has 3 aromatic heterocycles. The molecule has 1 saturated heterocycles. The molecule has 0 spiro atoms. The van der Waals surface area contributed by atoms with Gasteiger partial charge in [-0.25, -0.2) is 9.67 Å². The summed E-state index contributed by atoms with van der Waals surface area (Å²) in [5.74, 6) is -0.310. The molecule has 11 heteroatoms. The number of likely N-dealkylation sites (tertiary alicyclic amines) is 1. The molecule has 8 nitrogen and oxygen atoms in total. The highest BCUT2D eigenvalue weighted by Gasteiger charge is 2.30. The third-order valence-corrected chi connectivity index (χ3v) is 6.96. The number of pyridine rings is 2. The van der Waals surface area contributed by atoms with Gasteiger partial charge in [0.1, 0.15) is 0 Å². The molecule has 1 aliphatic rings. The standard InChI is InChI=1S/C26H33F3N6O2/c1-15(2)35-23-21(14-31-35)19(24(36)30-13-20-16(3)11-17(4)32-25(20)37)12-22(33-23)18-5-8-34(9-6-18)10-7-26(27,28)29/h11-12,14-15,18H,5-10,13H2,1-4H3,(H,30,36)(H,32,37). The fourth-order valence-corrected chi connectivity index (χ4v) is 4.91. The van der Waals surface area contributed by atoms with Crippen LogP contribution in [0, 0.1) is 13.8 Å². The molecular weight excluding hydrogens is 485 g/mol. The number of piperidine rings is 1. The van der Waals surface area contributed by atoms with Crippen LogP contribution in [0.3, 0.4) is 0 Å². The van der Waals surface area contributed by atoms with E-state index >= 15 is 0 Å². The highest BCUT2D eigenvalue weighted by atomic mass is 19.4. The summed E-state index contributed by atoms with van der Waals surface area (Å²) < 4.78 is 39.6. The number of aromatic amines is 1. The van der Waals surface area contributed by atoms with Gasteiger partial charge in [-0.15, -0.1) is 0 Å². The number of rotatable bonds is 7. The van der Waals surface area contributed by atoms with E-state index in [-0.39, 0.29) is 36.5 Å². The number of amides is 1. The molecule has 2 N–H and O–H groups in total. The normalized spacial score (nSPS) is 15.6. The summed E-state index contributed by atoms with van der Waals surface area (Å²) in [6, 6.07) is 3.65. The third kappa shape index (κ3) is 6.20. The van der Waals surface area contributed by atoms with Crippen molar-refractivity contribution in [1.82, 2.24) is 30.0 Å². The van der Waals surface area contributed by atoms with Crippen LogP contribution in [-0.4, -0.2) is 56.4 Å². The minimum Gasteiger partial charge on any atom is -0.348 e. The lowest BCUT2D eigenvalue weighted by Gasteiger charge is -2.32. The van der Waals surface area contributed by atoms with Crippen LogP contribution in [0.1, 0.15) is 77.9 Å². The Hall–Kier alpha value is -3.21. The number of hydrogen-bond donors (Lipinski definition) is 2. The number of aromatic nitrogens is 4. The van der Waals surface area contributed by atoms with E-state index in [2.05, 4.69) is 15.4 Å². The van der Waals surface area contributed by atoms with Gasteiger partial charge in [0.05, 0.1) is 23.6 Å². The number of nitrogens with zero attached hydrogens (tertiary/aromatic N) is 4. The number of alkyl halides is 3. The van der Waals surface area contributed by atoms with Gasteiger partial charge in [-0.3, -0.25) is 9.59 Å². The SMILES string of the molecule is Cc1cc(C)c(CNC(=O)c2cc(C3CCN(CCC(F)(F)F)CC3)nc3c2cnn3C(C)C)c(=O)[nH]1. The van der Waals surface area contributed by atoms with E-state index in [1.807, 2.05) is 31.7 Å². The van der Waals surface area contributed by atoms with Crippen LogP contribution in [0.15, 0.2) is 23.1 Å². The molecule has 0 atom stereocenters. The summed E-state index contributed by atoms with van der Waals surface area (Å²) in [6.07, 6.45) is -2.03. The van der Waals surface area contributed by atoms with Crippen LogP contribution in [0.25, 0.3) is 11.0 Å². The van der Waals surface area contributed by atoms with E-state index in [0.717, 1.165) is 17.0 Å². The fourth-order valence-electron chi connectivity index (χ4n) is 4.91. The number of carbonyl (C=O) groups is 1. The van der Waals surface area contributed by atoms with E-state index in [1.165, 1.54) is 0 Å². The predicted octanol–water partition coefficient (Wildman–Crippen LogP) is 4.38. The van der Waals surface area contributed by atoms with Crippen molar-refractivity contribution in [3.05, 3.63) is 56.8 Å². The van der Waals surface area contributed by atoms with Gasteiger partial charge in [-0.2, -0.15) is 18.3 Å². The maximum absolute atomic E-state index is 13.4. The number of aryl methyl sites for hydroxylation is 2. The molecular formula is C26H33F3N6O2. The van der Waals surface area contributed by atoms with Crippen LogP contribution >= 0.6 is 0 Å². The van der Waals surface area contributed by atoms with Gasteiger partial charge in [0, 0.05) is 42.0 Å². The van der Waals surface area contributed by atoms with Crippen LogP contribution in [-0.2, 0) is 6.54 Å². The number of H-pyrrole nitrogens is 1. The molecule has 3 aromatic rings. The van der Waals surface area contributed by atoms with Gasteiger partial charge in [0.2, 0.25) is 0 Å². The van der Waals surface area contributed by atoms with Crippen LogP contribution in [0.2, 0.25) is 0 Å². The van der Waals surface area contributed by atoms with Crippen LogP contribution in [0.4, 0.5) is 13.2 Å². The zero-order chi connectivity index (χ0) is 26.9. The topological polar surface area (TPSA) is 95.9 Å². The Morgan fingerprint density at radius 2 is 1.92 bits per heavy atom. The lowest BCUT2D eigenvalue weighted by molar-refractivity contribution is -0.138. The van der Waals surface area contributed by atoms with Gasteiger partial charge < -0.3 is 15.2 Å². The van der Waals surface area contributed by atoms with Gasteiger partial charge in [-0.05, 0) is 71.3 Å². The molecule has 37 heavy (non-hydrogen) atoms. The number of fused-ring (bicyclic) bond motifs is 1. The summed E-state index contributed by atoms with van der Waals surface area (Å²) in [6.45, 7) is 8.75. The van der Waals surface area contributed by atoms with Gasteiger partial charge in [0.15, 0.2) is 5.65 Å². The smallest absolute Gasteiger partial charge is 0.348 e. The highest BCUT2D eigenvalue weighted by Crippen LogP contribution is 2.31. The summed E-state index contributed by atoms with van der Waals surface area (Å²) in [7, 11) is 0. The van der Waals surface area contributed by atoms with Crippen molar-refractivity contribution in [3.63, 3.8) is 0 Å². The highest BCUT2D eigenvalue weighted by molar-refractivity contribution is 6.05. The van der Waals surface area contributed by atoms with E-state index < -0.39 is 12.6 Å². The molecule has 0 radical (unpaired) electrons. The maximum Gasteiger partial charge on any atom is 0.390 e. The first kappa shape index (κ1) is 26.8. The Labute approximate surface area is 213 Å². The molecule has 4 heterocycles. The summed E-state index contributed by atoms with van der Waals surface area (Å²) in [5, 5.41) is 7.94. The maximum atomic E-state index is 13.4. The molecule has 4 rings (SSSR count). The monoisotopic (exact) mass is 518 g/mol. The van der Waals surface area contributed by atoms with Crippen molar-refractivity contribution in [3.8, 4) is 0 Å². The van der Waals surface area contributed by atoms with Crippen molar-refractivity contribution >= 4 is 16.9 Å². The summed E-state index contributed by atoms with van der Waals surface area (Å²) >= 11 is 0. The quantitative estimate of drug-likeness (QED) is 0.484. The Kier molecular flexibility index (Phi) is 7.72. The number of carbonyl (C=O) groups excluding carboxylic acids is 1. The first-order chi connectivity index (χ1) is 17.4. The largest absolute Gasteiger partial charge is 0.390 e. The van der Waals surface area contributed by atoms with Gasteiger partial charge in [0.25, 0.3) is 11.5 Å². The van der Waals surface area contributed by atoms with Crippen molar-refractivity contribution in [2.45, 2.75) is 71.6 Å². The number of nitrogens with one attached hydrogen (secondary N) is 2.